The first-order chi connectivity index (χ1) is 12.5. The molecule has 0 aliphatic carbocycles. The monoisotopic (exact) mass is 415 g/mol. The standard InChI is InChI=1S/C16H18FN3O5S2/c1-12-3-7-15(8-4-12)27(24,25)20(2)11-16(21)18-19-26(22,23)14-9-5-13(17)6-10-14/h3-10,19H,11H2,1-2H3,(H,18,21). The summed E-state index contributed by atoms with van der Waals surface area (Å²) in [5.74, 6) is -1.50. The van der Waals surface area contributed by atoms with E-state index in [9.17, 15) is 26.0 Å². The van der Waals surface area contributed by atoms with Gasteiger partial charge in [-0.1, -0.05) is 17.7 Å². The minimum absolute atomic E-state index is 0.00953. The maximum Gasteiger partial charge on any atom is 0.257 e. The quantitative estimate of drug-likeness (QED) is 0.649. The summed E-state index contributed by atoms with van der Waals surface area (Å²) < 4.78 is 62.5. The maximum atomic E-state index is 12.9. The fourth-order valence-corrected chi connectivity index (χ4v) is 4.00. The molecular weight excluding hydrogens is 397 g/mol. The lowest BCUT2D eigenvalue weighted by atomic mass is 10.2. The van der Waals surface area contributed by atoms with Crippen LogP contribution in [0.15, 0.2) is 58.3 Å². The van der Waals surface area contributed by atoms with E-state index in [2.05, 4.69) is 0 Å². The molecule has 146 valence electrons. The highest BCUT2D eigenvalue weighted by Gasteiger charge is 2.23. The van der Waals surface area contributed by atoms with Gasteiger partial charge < -0.3 is 0 Å². The first-order valence-electron chi connectivity index (χ1n) is 7.61. The minimum atomic E-state index is -4.12. The Hall–Kier alpha value is -2.34. The largest absolute Gasteiger partial charge is 0.276 e. The number of aryl methyl sites for hydroxylation is 1. The van der Waals surface area contributed by atoms with Gasteiger partial charge in [-0.2, -0.15) is 4.31 Å². The molecule has 0 saturated carbocycles. The summed E-state index contributed by atoms with van der Waals surface area (Å²) in [5, 5.41) is 0. The number of nitrogens with one attached hydrogen (secondary N) is 2. The summed E-state index contributed by atoms with van der Waals surface area (Å²) in [7, 11) is -6.83. The number of benzene rings is 2. The summed E-state index contributed by atoms with van der Waals surface area (Å²) in [4.78, 5) is 13.5. The molecule has 27 heavy (non-hydrogen) atoms. The maximum absolute atomic E-state index is 12.9. The van der Waals surface area contributed by atoms with Gasteiger partial charge in [0.1, 0.15) is 5.82 Å². The van der Waals surface area contributed by atoms with Gasteiger partial charge in [-0.3, -0.25) is 10.2 Å². The molecule has 1 amide bonds. The molecule has 0 aromatic heterocycles. The molecule has 0 atom stereocenters. The van der Waals surface area contributed by atoms with Gasteiger partial charge in [0.25, 0.3) is 10.0 Å². The highest BCUT2D eigenvalue weighted by Crippen LogP contribution is 2.14. The predicted molar refractivity (Wildman–Crippen MR) is 95.9 cm³/mol. The normalized spacial score (nSPS) is 12.1. The molecule has 0 radical (unpaired) electrons. The number of hydrogen-bond acceptors (Lipinski definition) is 5. The van der Waals surface area contributed by atoms with Crippen molar-refractivity contribution in [3.05, 3.63) is 59.9 Å². The van der Waals surface area contributed by atoms with Crippen molar-refractivity contribution in [2.24, 2.45) is 0 Å². The molecule has 0 unspecified atom stereocenters. The Balaban J connectivity index is 2.00. The van der Waals surface area contributed by atoms with Crippen molar-refractivity contribution in [2.45, 2.75) is 16.7 Å². The van der Waals surface area contributed by atoms with Crippen LogP contribution in [-0.4, -0.2) is 40.6 Å². The lowest BCUT2D eigenvalue weighted by molar-refractivity contribution is -0.121. The number of halogens is 1. The van der Waals surface area contributed by atoms with Crippen LogP contribution < -0.4 is 10.3 Å². The lowest BCUT2D eigenvalue weighted by Crippen LogP contribution is -2.46. The fraction of sp³-hybridized carbons (Fsp3) is 0.188. The summed E-state index contributed by atoms with van der Waals surface area (Å²) in [5.41, 5.74) is 2.80. The van der Waals surface area contributed by atoms with Crippen LogP contribution in [0.3, 0.4) is 0 Å². The zero-order valence-corrected chi connectivity index (χ0v) is 16.1. The summed E-state index contributed by atoms with van der Waals surface area (Å²) in [6.07, 6.45) is 0. The molecule has 8 nitrogen and oxygen atoms in total. The number of hydrogen-bond donors (Lipinski definition) is 2. The number of nitrogens with zero attached hydrogens (tertiary/aromatic N) is 1. The Morgan fingerprint density at radius 2 is 1.48 bits per heavy atom. The first-order valence-corrected chi connectivity index (χ1v) is 10.5. The third-order valence-corrected chi connectivity index (χ3v) is 6.63. The highest BCUT2D eigenvalue weighted by atomic mass is 32.2. The minimum Gasteiger partial charge on any atom is -0.276 e. The molecule has 0 aliphatic heterocycles. The summed E-state index contributed by atoms with van der Waals surface area (Å²) in [6, 6.07) is 10.0. The zero-order chi connectivity index (χ0) is 20.2. The van der Waals surface area contributed by atoms with E-state index in [1.807, 2.05) is 10.3 Å². The zero-order valence-electron chi connectivity index (χ0n) is 14.5. The van der Waals surface area contributed by atoms with E-state index in [1.54, 1.807) is 19.1 Å². The SMILES string of the molecule is Cc1ccc(S(=O)(=O)N(C)CC(=O)NNS(=O)(=O)c2ccc(F)cc2)cc1. The van der Waals surface area contributed by atoms with Gasteiger partial charge in [0.15, 0.2) is 0 Å². The second-order valence-corrected chi connectivity index (χ2v) is 9.41. The van der Waals surface area contributed by atoms with Crippen LogP contribution in [0.5, 0.6) is 0 Å². The van der Waals surface area contributed by atoms with Crippen molar-refractivity contribution >= 4 is 26.0 Å². The number of likely N-dealkylation sites (N-methyl/N-ethyl adjacent to an activating group) is 1. The molecule has 2 rings (SSSR count). The Kier molecular flexibility index (Phi) is 6.31. The summed E-state index contributed by atoms with van der Waals surface area (Å²) in [6.45, 7) is 1.20. The van der Waals surface area contributed by atoms with Gasteiger partial charge in [-0.15, -0.1) is 4.83 Å². The molecule has 11 heteroatoms. The van der Waals surface area contributed by atoms with Crippen LogP contribution in [0, 0.1) is 12.7 Å². The van der Waals surface area contributed by atoms with E-state index in [1.165, 1.54) is 19.2 Å². The van der Waals surface area contributed by atoms with E-state index in [-0.39, 0.29) is 9.79 Å². The molecule has 0 heterocycles. The Morgan fingerprint density at radius 3 is 2.04 bits per heavy atom. The molecule has 0 fully saturated rings. The van der Waals surface area contributed by atoms with Crippen LogP contribution in [0.4, 0.5) is 4.39 Å². The molecular formula is C16H18FN3O5S2. The fourth-order valence-electron chi connectivity index (χ4n) is 2.01. The molecule has 0 saturated heterocycles. The van der Waals surface area contributed by atoms with Gasteiger partial charge >= 0.3 is 0 Å². The number of hydrazine groups is 1. The molecule has 0 bridgehead atoms. The second-order valence-electron chi connectivity index (χ2n) is 5.68. The number of amides is 1. The topological polar surface area (TPSA) is 113 Å². The Morgan fingerprint density at radius 1 is 0.963 bits per heavy atom. The average molecular weight is 415 g/mol. The van der Waals surface area contributed by atoms with Crippen molar-refractivity contribution in [1.29, 1.82) is 0 Å². The van der Waals surface area contributed by atoms with Crippen LogP contribution in [0.25, 0.3) is 0 Å². The van der Waals surface area contributed by atoms with Crippen molar-refractivity contribution in [1.82, 2.24) is 14.6 Å². The summed E-state index contributed by atoms with van der Waals surface area (Å²) >= 11 is 0. The van der Waals surface area contributed by atoms with E-state index >= 15 is 0 Å². The lowest BCUT2D eigenvalue weighted by Gasteiger charge is -2.17. The number of carbonyl (C=O) groups is 1. The Bertz CT molecular complexity index is 1020. The van der Waals surface area contributed by atoms with Crippen LogP contribution in [0.1, 0.15) is 5.56 Å². The second kappa shape index (κ2) is 8.13. The predicted octanol–water partition coefficient (Wildman–Crippen LogP) is 0.764. The molecule has 2 N–H and O–H groups in total. The van der Waals surface area contributed by atoms with Crippen LogP contribution in [-0.2, 0) is 24.8 Å². The highest BCUT2D eigenvalue weighted by molar-refractivity contribution is 7.89. The average Bonchev–Trinajstić information content (AvgIpc) is 2.61. The first kappa shape index (κ1) is 21.0. The van der Waals surface area contributed by atoms with Crippen LogP contribution in [0.2, 0.25) is 0 Å². The molecule has 2 aromatic rings. The van der Waals surface area contributed by atoms with Gasteiger partial charge in [-0.25, -0.2) is 21.2 Å². The number of rotatable bonds is 7. The molecule has 2 aromatic carbocycles. The van der Waals surface area contributed by atoms with Gasteiger partial charge in [0.2, 0.25) is 15.9 Å². The number of carbonyl (C=O) groups excluding carboxylic acids is 1. The molecule has 0 spiro atoms. The van der Waals surface area contributed by atoms with Crippen molar-refractivity contribution in [2.75, 3.05) is 13.6 Å². The Labute approximate surface area is 157 Å². The van der Waals surface area contributed by atoms with E-state index in [0.29, 0.717) is 0 Å². The van der Waals surface area contributed by atoms with E-state index in [0.717, 1.165) is 34.1 Å². The van der Waals surface area contributed by atoms with Crippen LogP contribution >= 0.6 is 0 Å². The van der Waals surface area contributed by atoms with E-state index < -0.39 is 38.3 Å². The van der Waals surface area contributed by atoms with Gasteiger partial charge in [0, 0.05) is 7.05 Å². The third kappa shape index (κ3) is 5.32. The smallest absolute Gasteiger partial charge is 0.257 e. The molecule has 0 aliphatic rings. The van der Waals surface area contributed by atoms with Gasteiger partial charge in [-0.05, 0) is 43.3 Å². The van der Waals surface area contributed by atoms with E-state index in [4.69, 9.17) is 0 Å². The third-order valence-electron chi connectivity index (χ3n) is 3.54. The van der Waals surface area contributed by atoms with Crippen molar-refractivity contribution in [3.8, 4) is 0 Å². The van der Waals surface area contributed by atoms with Crippen molar-refractivity contribution < 1.29 is 26.0 Å². The van der Waals surface area contributed by atoms with Crippen molar-refractivity contribution in [3.63, 3.8) is 0 Å². The van der Waals surface area contributed by atoms with Gasteiger partial charge in [0.05, 0.1) is 16.3 Å². The number of sulfonamides is 2.